The van der Waals surface area contributed by atoms with Crippen LogP contribution in [0.15, 0.2) is 52.9 Å². The molecule has 31 heavy (non-hydrogen) atoms. The SMILES string of the molecule is Cc1nc(CCC(=O)NC2(c3ccc(F)cc3F)CCOCC2)oc1-c1ccccc1. The topological polar surface area (TPSA) is 64.4 Å². The molecule has 4 rings (SSSR count). The summed E-state index contributed by atoms with van der Waals surface area (Å²) in [6.45, 7) is 2.64. The van der Waals surface area contributed by atoms with Crippen molar-refractivity contribution in [3.63, 3.8) is 0 Å². The molecule has 2 aromatic carbocycles. The number of amides is 1. The van der Waals surface area contributed by atoms with E-state index in [4.69, 9.17) is 9.15 Å². The van der Waals surface area contributed by atoms with Crippen LogP contribution < -0.4 is 5.32 Å². The lowest BCUT2D eigenvalue weighted by molar-refractivity contribution is -0.124. The molecule has 5 nitrogen and oxygen atoms in total. The molecule has 1 amide bonds. The number of carbonyl (C=O) groups is 1. The first-order valence-electron chi connectivity index (χ1n) is 10.3. The van der Waals surface area contributed by atoms with Gasteiger partial charge in [-0.3, -0.25) is 4.79 Å². The van der Waals surface area contributed by atoms with E-state index in [1.807, 2.05) is 37.3 Å². The Morgan fingerprint density at radius 1 is 1.13 bits per heavy atom. The van der Waals surface area contributed by atoms with Crippen molar-refractivity contribution in [2.45, 2.75) is 38.1 Å². The summed E-state index contributed by atoms with van der Waals surface area (Å²) in [5, 5.41) is 2.98. The van der Waals surface area contributed by atoms with E-state index >= 15 is 0 Å². The van der Waals surface area contributed by atoms with Crippen LogP contribution in [0.25, 0.3) is 11.3 Å². The number of carbonyl (C=O) groups excluding carboxylic acids is 1. The number of benzene rings is 2. The molecule has 0 spiro atoms. The predicted octanol–water partition coefficient (Wildman–Crippen LogP) is 4.68. The minimum absolute atomic E-state index is 0.138. The molecule has 0 atom stereocenters. The molecular weight excluding hydrogens is 402 g/mol. The molecule has 0 bridgehead atoms. The first-order valence-corrected chi connectivity index (χ1v) is 10.3. The number of hydrogen-bond acceptors (Lipinski definition) is 4. The lowest BCUT2D eigenvalue weighted by Gasteiger charge is -2.38. The van der Waals surface area contributed by atoms with Gasteiger partial charge in [0.1, 0.15) is 11.6 Å². The van der Waals surface area contributed by atoms with E-state index in [0.29, 0.717) is 44.1 Å². The molecule has 0 saturated carbocycles. The van der Waals surface area contributed by atoms with Crippen molar-refractivity contribution in [3.05, 3.63) is 77.3 Å². The van der Waals surface area contributed by atoms with Gasteiger partial charge in [0.15, 0.2) is 11.7 Å². The smallest absolute Gasteiger partial charge is 0.221 e. The van der Waals surface area contributed by atoms with E-state index in [0.717, 1.165) is 17.3 Å². The average molecular weight is 426 g/mol. The molecule has 0 aliphatic carbocycles. The standard InChI is InChI=1S/C24H24F2N2O3/c1-16-23(17-5-3-2-4-6-17)31-22(27-16)10-9-21(29)28-24(11-13-30-14-12-24)19-8-7-18(25)15-20(19)26/h2-8,15H,9-14H2,1H3,(H,28,29). The van der Waals surface area contributed by atoms with Crippen LogP contribution in [0, 0.1) is 18.6 Å². The molecule has 1 aromatic heterocycles. The lowest BCUT2D eigenvalue weighted by Crippen LogP contribution is -2.50. The molecule has 3 aromatic rings. The quantitative estimate of drug-likeness (QED) is 0.622. The second kappa shape index (κ2) is 8.98. The van der Waals surface area contributed by atoms with Crippen LogP contribution in [0.3, 0.4) is 0 Å². The predicted molar refractivity (Wildman–Crippen MR) is 111 cm³/mol. The zero-order valence-corrected chi connectivity index (χ0v) is 17.3. The fourth-order valence-electron chi connectivity index (χ4n) is 4.03. The van der Waals surface area contributed by atoms with E-state index in [9.17, 15) is 13.6 Å². The van der Waals surface area contributed by atoms with Crippen LogP contribution in [0.4, 0.5) is 8.78 Å². The first-order chi connectivity index (χ1) is 15.0. The van der Waals surface area contributed by atoms with E-state index in [-0.39, 0.29) is 17.9 Å². The number of nitrogens with one attached hydrogen (secondary N) is 1. The molecule has 0 unspecified atom stereocenters. The van der Waals surface area contributed by atoms with Crippen molar-refractivity contribution in [2.75, 3.05) is 13.2 Å². The third-order valence-electron chi connectivity index (χ3n) is 5.61. The third kappa shape index (κ3) is 4.66. The van der Waals surface area contributed by atoms with Crippen LogP contribution in [-0.2, 0) is 21.5 Å². The van der Waals surface area contributed by atoms with Gasteiger partial charge in [-0.05, 0) is 25.8 Å². The maximum Gasteiger partial charge on any atom is 0.221 e. The van der Waals surface area contributed by atoms with Crippen molar-refractivity contribution in [1.82, 2.24) is 10.3 Å². The Kier molecular flexibility index (Phi) is 6.13. The lowest BCUT2D eigenvalue weighted by atomic mass is 9.82. The zero-order valence-electron chi connectivity index (χ0n) is 17.3. The highest BCUT2D eigenvalue weighted by Crippen LogP contribution is 2.34. The second-order valence-electron chi connectivity index (χ2n) is 7.75. The Morgan fingerprint density at radius 3 is 2.58 bits per heavy atom. The number of aryl methyl sites for hydroxylation is 2. The molecule has 162 valence electrons. The number of ether oxygens (including phenoxy) is 1. The molecule has 1 aliphatic heterocycles. The van der Waals surface area contributed by atoms with Crippen molar-refractivity contribution in [1.29, 1.82) is 0 Å². The molecule has 0 radical (unpaired) electrons. The summed E-state index contributed by atoms with van der Waals surface area (Å²) in [5.74, 6) is -0.408. The number of aromatic nitrogens is 1. The summed E-state index contributed by atoms with van der Waals surface area (Å²) >= 11 is 0. The van der Waals surface area contributed by atoms with Crippen molar-refractivity contribution < 1.29 is 22.7 Å². The Bertz CT molecular complexity index is 1060. The fourth-order valence-corrected chi connectivity index (χ4v) is 4.03. The van der Waals surface area contributed by atoms with Crippen molar-refractivity contribution in [2.24, 2.45) is 0 Å². The fraction of sp³-hybridized carbons (Fsp3) is 0.333. The van der Waals surface area contributed by atoms with Gasteiger partial charge in [-0.15, -0.1) is 0 Å². The van der Waals surface area contributed by atoms with Crippen LogP contribution >= 0.6 is 0 Å². The molecule has 1 aliphatic rings. The van der Waals surface area contributed by atoms with Crippen LogP contribution in [-0.4, -0.2) is 24.1 Å². The molecule has 1 fully saturated rings. The Hall–Kier alpha value is -3.06. The van der Waals surface area contributed by atoms with Gasteiger partial charge in [0.25, 0.3) is 0 Å². The van der Waals surface area contributed by atoms with Crippen molar-refractivity contribution in [3.8, 4) is 11.3 Å². The number of oxazole rings is 1. The highest BCUT2D eigenvalue weighted by atomic mass is 19.1. The summed E-state index contributed by atoms with van der Waals surface area (Å²) in [4.78, 5) is 17.2. The highest BCUT2D eigenvalue weighted by molar-refractivity contribution is 5.77. The van der Waals surface area contributed by atoms with Gasteiger partial charge in [-0.2, -0.15) is 0 Å². The summed E-state index contributed by atoms with van der Waals surface area (Å²) < 4.78 is 39.2. The van der Waals surface area contributed by atoms with Crippen LogP contribution in [0.2, 0.25) is 0 Å². The van der Waals surface area contributed by atoms with Gasteiger partial charge in [-0.1, -0.05) is 36.4 Å². The largest absolute Gasteiger partial charge is 0.440 e. The zero-order chi connectivity index (χ0) is 21.8. The summed E-state index contributed by atoms with van der Waals surface area (Å²) in [7, 11) is 0. The summed E-state index contributed by atoms with van der Waals surface area (Å²) in [6, 6.07) is 13.1. The van der Waals surface area contributed by atoms with Gasteiger partial charge in [0.05, 0.1) is 11.2 Å². The number of rotatable bonds is 6. The average Bonchev–Trinajstić information content (AvgIpc) is 3.14. The monoisotopic (exact) mass is 426 g/mol. The molecule has 7 heteroatoms. The van der Waals surface area contributed by atoms with Crippen molar-refractivity contribution >= 4 is 5.91 Å². The van der Waals surface area contributed by atoms with Gasteiger partial charge in [-0.25, -0.2) is 13.8 Å². The maximum absolute atomic E-state index is 14.5. The van der Waals surface area contributed by atoms with E-state index in [1.54, 1.807) is 0 Å². The molecular formula is C24H24F2N2O3. The van der Waals surface area contributed by atoms with Gasteiger partial charge < -0.3 is 14.5 Å². The van der Waals surface area contributed by atoms with Gasteiger partial charge in [0, 0.05) is 43.2 Å². The maximum atomic E-state index is 14.5. The van der Waals surface area contributed by atoms with E-state index in [2.05, 4.69) is 10.3 Å². The number of nitrogens with zero attached hydrogens (tertiary/aromatic N) is 1. The number of hydrogen-bond donors (Lipinski definition) is 1. The summed E-state index contributed by atoms with van der Waals surface area (Å²) in [5.41, 5.74) is 1.05. The minimum Gasteiger partial charge on any atom is -0.440 e. The minimum atomic E-state index is -0.922. The second-order valence-corrected chi connectivity index (χ2v) is 7.75. The number of halogens is 2. The van der Waals surface area contributed by atoms with Gasteiger partial charge >= 0.3 is 0 Å². The van der Waals surface area contributed by atoms with Gasteiger partial charge in [0.2, 0.25) is 5.91 Å². The third-order valence-corrected chi connectivity index (χ3v) is 5.61. The van der Waals surface area contributed by atoms with E-state index < -0.39 is 17.2 Å². The Labute approximate surface area is 179 Å². The van der Waals surface area contributed by atoms with E-state index in [1.165, 1.54) is 12.1 Å². The van der Waals surface area contributed by atoms with Crippen LogP contribution in [0.1, 0.15) is 36.4 Å². The first kappa shape index (κ1) is 21.2. The molecule has 1 saturated heterocycles. The highest BCUT2D eigenvalue weighted by Gasteiger charge is 2.38. The normalized spacial score (nSPS) is 15.6. The molecule has 1 N–H and O–H groups in total. The summed E-state index contributed by atoms with van der Waals surface area (Å²) in [6.07, 6.45) is 1.28. The molecule has 2 heterocycles. The Balaban J connectivity index is 1.47. The Morgan fingerprint density at radius 2 is 1.87 bits per heavy atom. The van der Waals surface area contributed by atoms with Crippen LogP contribution in [0.5, 0.6) is 0 Å².